The molecule has 6 nitrogen and oxygen atoms in total. The summed E-state index contributed by atoms with van der Waals surface area (Å²) in [5, 5.41) is 5.53. The number of imide groups is 1. The fourth-order valence-corrected chi connectivity index (χ4v) is 3.10. The SMILES string of the molecule is CCCNC(=O)CN1C(=O)N[C@@]2(CCCC[C@@H]2C)C1=O. The van der Waals surface area contributed by atoms with Crippen LogP contribution in [0, 0.1) is 5.92 Å². The second-order valence-electron chi connectivity index (χ2n) is 5.79. The van der Waals surface area contributed by atoms with Crippen LogP contribution in [0.1, 0.15) is 46.0 Å². The maximum absolute atomic E-state index is 12.6. The molecule has 2 rings (SSSR count). The van der Waals surface area contributed by atoms with E-state index in [4.69, 9.17) is 0 Å². The Kier molecular flexibility index (Phi) is 4.30. The molecule has 2 fully saturated rings. The van der Waals surface area contributed by atoms with Gasteiger partial charge in [0.15, 0.2) is 0 Å². The van der Waals surface area contributed by atoms with E-state index in [1.165, 1.54) is 0 Å². The zero-order chi connectivity index (χ0) is 14.8. The van der Waals surface area contributed by atoms with Gasteiger partial charge < -0.3 is 10.6 Å². The molecule has 1 spiro atoms. The third-order valence-electron chi connectivity index (χ3n) is 4.38. The number of urea groups is 1. The molecule has 0 unspecified atom stereocenters. The summed E-state index contributed by atoms with van der Waals surface area (Å²) in [6.07, 6.45) is 4.45. The summed E-state index contributed by atoms with van der Waals surface area (Å²) in [7, 11) is 0. The molecular formula is C14H23N3O3. The Morgan fingerprint density at radius 3 is 2.85 bits per heavy atom. The average Bonchev–Trinajstić information content (AvgIpc) is 2.65. The summed E-state index contributed by atoms with van der Waals surface area (Å²) >= 11 is 0. The number of rotatable bonds is 4. The highest BCUT2D eigenvalue weighted by molar-refractivity contribution is 6.09. The van der Waals surface area contributed by atoms with Crippen LogP contribution < -0.4 is 10.6 Å². The van der Waals surface area contributed by atoms with Crippen LogP contribution in [-0.2, 0) is 9.59 Å². The normalized spacial score (nSPS) is 29.7. The molecule has 0 aromatic carbocycles. The fraction of sp³-hybridized carbons (Fsp3) is 0.786. The standard InChI is InChI=1S/C14H23N3O3/c1-3-8-15-11(18)9-17-12(19)14(16-13(17)20)7-5-4-6-10(14)2/h10H,3-9H2,1-2H3,(H,15,18)(H,16,20)/t10-,14+/m0/s1. The Morgan fingerprint density at radius 1 is 1.45 bits per heavy atom. The highest BCUT2D eigenvalue weighted by Gasteiger charge is 2.55. The van der Waals surface area contributed by atoms with Crippen LogP contribution in [0.3, 0.4) is 0 Å². The molecule has 1 heterocycles. The van der Waals surface area contributed by atoms with Crippen LogP contribution in [0.15, 0.2) is 0 Å². The van der Waals surface area contributed by atoms with Crippen molar-refractivity contribution in [3.05, 3.63) is 0 Å². The predicted molar refractivity (Wildman–Crippen MR) is 73.9 cm³/mol. The Morgan fingerprint density at radius 2 is 2.20 bits per heavy atom. The van der Waals surface area contributed by atoms with E-state index in [0.717, 1.165) is 30.6 Å². The maximum atomic E-state index is 12.6. The van der Waals surface area contributed by atoms with Crippen molar-refractivity contribution in [2.24, 2.45) is 5.92 Å². The summed E-state index contributed by atoms with van der Waals surface area (Å²) in [6.45, 7) is 4.33. The summed E-state index contributed by atoms with van der Waals surface area (Å²) in [6, 6.07) is -0.435. The first-order valence-electron chi connectivity index (χ1n) is 7.42. The van der Waals surface area contributed by atoms with E-state index in [1.807, 2.05) is 13.8 Å². The quantitative estimate of drug-likeness (QED) is 0.755. The molecule has 1 aliphatic carbocycles. The van der Waals surface area contributed by atoms with Gasteiger partial charge in [-0.3, -0.25) is 14.5 Å². The number of nitrogens with one attached hydrogen (secondary N) is 2. The molecule has 4 amide bonds. The van der Waals surface area contributed by atoms with Crippen molar-refractivity contribution in [1.29, 1.82) is 0 Å². The molecule has 2 N–H and O–H groups in total. The first-order chi connectivity index (χ1) is 9.51. The zero-order valence-corrected chi connectivity index (χ0v) is 12.2. The van der Waals surface area contributed by atoms with Gasteiger partial charge in [-0.25, -0.2) is 4.79 Å². The molecule has 6 heteroatoms. The number of hydrogen-bond acceptors (Lipinski definition) is 3. The van der Waals surface area contributed by atoms with Crippen molar-refractivity contribution in [1.82, 2.24) is 15.5 Å². The number of nitrogens with zero attached hydrogens (tertiary/aromatic N) is 1. The second kappa shape index (κ2) is 5.81. The minimum absolute atomic E-state index is 0.122. The van der Waals surface area contributed by atoms with Gasteiger partial charge in [0.2, 0.25) is 5.91 Å². The number of amides is 4. The summed E-state index contributed by atoms with van der Waals surface area (Å²) in [4.78, 5) is 37.4. The van der Waals surface area contributed by atoms with E-state index >= 15 is 0 Å². The van der Waals surface area contributed by atoms with E-state index in [9.17, 15) is 14.4 Å². The predicted octanol–water partition coefficient (Wildman–Crippen LogP) is 1.01. The minimum Gasteiger partial charge on any atom is -0.355 e. The van der Waals surface area contributed by atoms with Gasteiger partial charge in [-0.15, -0.1) is 0 Å². The zero-order valence-electron chi connectivity index (χ0n) is 12.2. The number of hydrogen-bond donors (Lipinski definition) is 2. The number of carbonyl (C=O) groups is 3. The van der Waals surface area contributed by atoms with Crippen molar-refractivity contribution in [2.45, 2.75) is 51.5 Å². The largest absolute Gasteiger partial charge is 0.355 e. The molecule has 2 aliphatic rings. The Balaban J connectivity index is 2.07. The van der Waals surface area contributed by atoms with Gasteiger partial charge in [-0.1, -0.05) is 26.7 Å². The van der Waals surface area contributed by atoms with Gasteiger partial charge >= 0.3 is 6.03 Å². The average molecular weight is 281 g/mol. The van der Waals surface area contributed by atoms with Gasteiger partial charge in [0, 0.05) is 6.54 Å². The van der Waals surface area contributed by atoms with E-state index in [0.29, 0.717) is 13.0 Å². The first-order valence-corrected chi connectivity index (χ1v) is 7.42. The Bertz CT molecular complexity index is 424. The van der Waals surface area contributed by atoms with Gasteiger partial charge in [-0.05, 0) is 25.2 Å². The van der Waals surface area contributed by atoms with Crippen molar-refractivity contribution < 1.29 is 14.4 Å². The van der Waals surface area contributed by atoms with Crippen LogP contribution in [-0.4, -0.2) is 41.4 Å². The molecule has 2 atom stereocenters. The van der Waals surface area contributed by atoms with Crippen LogP contribution in [0.2, 0.25) is 0 Å². The first kappa shape index (κ1) is 14.8. The number of carbonyl (C=O) groups excluding carboxylic acids is 3. The lowest BCUT2D eigenvalue weighted by Gasteiger charge is -2.36. The summed E-state index contributed by atoms with van der Waals surface area (Å²) in [5.41, 5.74) is -0.777. The molecule has 0 aromatic heterocycles. The third kappa shape index (κ3) is 2.51. The molecule has 112 valence electrons. The summed E-state index contributed by atoms with van der Waals surface area (Å²) in [5.74, 6) is -0.395. The summed E-state index contributed by atoms with van der Waals surface area (Å²) < 4.78 is 0. The van der Waals surface area contributed by atoms with Crippen LogP contribution in [0.4, 0.5) is 4.79 Å². The van der Waals surface area contributed by atoms with Crippen molar-refractivity contribution in [3.8, 4) is 0 Å². The van der Waals surface area contributed by atoms with E-state index in [1.54, 1.807) is 0 Å². The monoisotopic (exact) mass is 281 g/mol. The van der Waals surface area contributed by atoms with Crippen molar-refractivity contribution in [2.75, 3.05) is 13.1 Å². The molecule has 1 aliphatic heterocycles. The lowest BCUT2D eigenvalue weighted by Crippen LogP contribution is -2.54. The second-order valence-corrected chi connectivity index (χ2v) is 5.79. The van der Waals surface area contributed by atoms with Crippen molar-refractivity contribution >= 4 is 17.8 Å². The molecule has 0 bridgehead atoms. The highest BCUT2D eigenvalue weighted by atomic mass is 16.2. The Labute approximate surface area is 119 Å². The highest BCUT2D eigenvalue weighted by Crippen LogP contribution is 2.37. The lowest BCUT2D eigenvalue weighted by molar-refractivity contribution is -0.137. The van der Waals surface area contributed by atoms with Crippen LogP contribution in [0.5, 0.6) is 0 Å². The fourth-order valence-electron chi connectivity index (χ4n) is 3.10. The topological polar surface area (TPSA) is 78.5 Å². The van der Waals surface area contributed by atoms with Crippen molar-refractivity contribution in [3.63, 3.8) is 0 Å². The van der Waals surface area contributed by atoms with Gasteiger partial charge in [0.05, 0.1) is 0 Å². The molecule has 0 radical (unpaired) electrons. The smallest absolute Gasteiger partial charge is 0.325 e. The maximum Gasteiger partial charge on any atom is 0.325 e. The molecular weight excluding hydrogens is 258 g/mol. The minimum atomic E-state index is -0.777. The van der Waals surface area contributed by atoms with Gasteiger partial charge in [0.25, 0.3) is 5.91 Å². The van der Waals surface area contributed by atoms with E-state index < -0.39 is 11.6 Å². The van der Waals surface area contributed by atoms with Crippen LogP contribution in [0.25, 0.3) is 0 Å². The van der Waals surface area contributed by atoms with Gasteiger partial charge in [-0.2, -0.15) is 0 Å². The lowest BCUT2D eigenvalue weighted by atomic mass is 9.73. The van der Waals surface area contributed by atoms with Gasteiger partial charge in [0.1, 0.15) is 12.1 Å². The van der Waals surface area contributed by atoms with E-state index in [-0.39, 0.29) is 24.3 Å². The van der Waals surface area contributed by atoms with E-state index in [2.05, 4.69) is 10.6 Å². The third-order valence-corrected chi connectivity index (χ3v) is 4.38. The molecule has 0 aromatic rings. The van der Waals surface area contributed by atoms with Crippen LogP contribution >= 0.6 is 0 Å². The molecule has 1 saturated heterocycles. The Hall–Kier alpha value is -1.59. The molecule has 1 saturated carbocycles. The molecule has 20 heavy (non-hydrogen) atoms.